The molecular formula is C20H20ClN3O2. The lowest BCUT2D eigenvalue weighted by Crippen LogP contribution is -2.19. The van der Waals surface area contributed by atoms with Gasteiger partial charge in [-0.2, -0.15) is 4.98 Å². The molecule has 0 saturated heterocycles. The fourth-order valence-corrected chi connectivity index (χ4v) is 2.87. The summed E-state index contributed by atoms with van der Waals surface area (Å²) in [4.78, 5) is 16.3. The molecule has 1 heterocycles. The predicted octanol–water partition coefficient (Wildman–Crippen LogP) is 4.31. The van der Waals surface area contributed by atoms with E-state index in [1.807, 2.05) is 60.9 Å². The van der Waals surface area contributed by atoms with Crippen LogP contribution in [0.4, 0.5) is 11.6 Å². The molecule has 2 aromatic carbocycles. The van der Waals surface area contributed by atoms with Crippen molar-refractivity contribution in [3.63, 3.8) is 0 Å². The van der Waals surface area contributed by atoms with Crippen LogP contribution in [0.2, 0.25) is 5.02 Å². The van der Waals surface area contributed by atoms with Gasteiger partial charge in [0, 0.05) is 10.7 Å². The number of halogens is 1. The maximum atomic E-state index is 12.2. The second-order valence-corrected chi connectivity index (χ2v) is 6.58. The first-order chi connectivity index (χ1) is 12.5. The minimum Gasteiger partial charge on any atom is -0.490 e. The molecule has 0 bridgehead atoms. The van der Waals surface area contributed by atoms with Crippen molar-refractivity contribution in [2.75, 3.05) is 12.4 Å². The van der Waals surface area contributed by atoms with Gasteiger partial charge in [0.05, 0.1) is 19.9 Å². The largest absolute Gasteiger partial charge is 0.490 e. The van der Waals surface area contributed by atoms with Crippen molar-refractivity contribution in [2.24, 2.45) is 0 Å². The quantitative estimate of drug-likeness (QED) is 0.728. The third kappa shape index (κ3) is 4.06. The van der Waals surface area contributed by atoms with Gasteiger partial charge in [0.2, 0.25) is 11.7 Å². The summed E-state index contributed by atoms with van der Waals surface area (Å²) >= 11 is 6.09. The van der Waals surface area contributed by atoms with E-state index >= 15 is 0 Å². The monoisotopic (exact) mass is 369 g/mol. The zero-order valence-corrected chi connectivity index (χ0v) is 15.7. The molecule has 0 atom stereocenters. The summed E-state index contributed by atoms with van der Waals surface area (Å²) in [5.41, 5.74) is 3.67. The number of ether oxygens (including phenoxy) is 1. The lowest BCUT2D eigenvalue weighted by molar-refractivity contribution is 0.402. The Morgan fingerprint density at radius 2 is 2.00 bits per heavy atom. The summed E-state index contributed by atoms with van der Waals surface area (Å²) < 4.78 is 6.99. The van der Waals surface area contributed by atoms with Crippen LogP contribution in [0, 0.1) is 13.8 Å². The first-order valence-corrected chi connectivity index (χ1v) is 8.58. The molecule has 0 radical (unpaired) electrons. The molecular weight excluding hydrogens is 350 g/mol. The van der Waals surface area contributed by atoms with Gasteiger partial charge in [0.1, 0.15) is 0 Å². The molecule has 0 aliphatic carbocycles. The Morgan fingerprint density at radius 3 is 2.73 bits per heavy atom. The Labute approximate surface area is 157 Å². The van der Waals surface area contributed by atoms with Gasteiger partial charge in [-0.05, 0) is 48.7 Å². The predicted molar refractivity (Wildman–Crippen MR) is 105 cm³/mol. The van der Waals surface area contributed by atoms with Crippen LogP contribution in [0.3, 0.4) is 0 Å². The molecule has 3 aromatic rings. The molecule has 6 heteroatoms. The number of nitrogens with one attached hydrogen (secondary N) is 1. The summed E-state index contributed by atoms with van der Waals surface area (Å²) in [6.45, 7) is 4.52. The van der Waals surface area contributed by atoms with E-state index in [-0.39, 0.29) is 5.75 Å². The Kier molecular flexibility index (Phi) is 5.28. The molecule has 1 aromatic heterocycles. The van der Waals surface area contributed by atoms with Gasteiger partial charge in [-0.15, -0.1) is 0 Å². The molecule has 1 N–H and O–H groups in total. The molecule has 26 heavy (non-hydrogen) atoms. The minimum absolute atomic E-state index is 0.193. The lowest BCUT2D eigenvalue weighted by atomic mass is 10.1. The van der Waals surface area contributed by atoms with E-state index in [0.29, 0.717) is 17.5 Å². The van der Waals surface area contributed by atoms with Crippen LogP contribution in [-0.4, -0.2) is 16.7 Å². The van der Waals surface area contributed by atoms with E-state index in [4.69, 9.17) is 16.3 Å². The summed E-state index contributed by atoms with van der Waals surface area (Å²) in [5, 5.41) is 3.93. The Balaban J connectivity index is 2.04. The Hall–Kier alpha value is -2.79. The molecule has 0 amide bonds. The van der Waals surface area contributed by atoms with Gasteiger partial charge < -0.3 is 14.6 Å². The molecule has 0 saturated carbocycles. The molecule has 0 fully saturated rings. The SMILES string of the molecule is COc1cn(Cc2cccc(Cl)c2)c(Nc2cc(C)ccc2C)nc1=O. The first-order valence-electron chi connectivity index (χ1n) is 8.20. The van der Waals surface area contributed by atoms with Crippen molar-refractivity contribution < 1.29 is 4.74 Å². The van der Waals surface area contributed by atoms with E-state index < -0.39 is 5.56 Å². The fraction of sp³-hybridized carbons (Fsp3) is 0.200. The van der Waals surface area contributed by atoms with Gasteiger partial charge in [0.25, 0.3) is 0 Å². The zero-order valence-electron chi connectivity index (χ0n) is 14.9. The van der Waals surface area contributed by atoms with Gasteiger partial charge in [-0.25, -0.2) is 0 Å². The summed E-state index contributed by atoms with van der Waals surface area (Å²) in [6.07, 6.45) is 1.66. The number of hydrogen-bond donors (Lipinski definition) is 1. The number of hydrogen-bond acceptors (Lipinski definition) is 4. The van der Waals surface area contributed by atoms with Crippen LogP contribution in [0.25, 0.3) is 0 Å². The van der Waals surface area contributed by atoms with Gasteiger partial charge in [0.15, 0.2) is 0 Å². The van der Waals surface area contributed by atoms with E-state index in [1.165, 1.54) is 7.11 Å². The number of aromatic nitrogens is 2. The van der Waals surface area contributed by atoms with Crippen molar-refractivity contribution in [3.05, 3.63) is 80.7 Å². The maximum Gasteiger partial charge on any atom is 0.316 e. The topological polar surface area (TPSA) is 56.1 Å². The second kappa shape index (κ2) is 7.62. The zero-order chi connectivity index (χ0) is 18.7. The van der Waals surface area contributed by atoms with Crippen LogP contribution >= 0.6 is 11.6 Å². The normalized spacial score (nSPS) is 10.6. The molecule has 0 unspecified atom stereocenters. The third-order valence-corrected chi connectivity index (χ3v) is 4.30. The number of methoxy groups -OCH3 is 1. The maximum absolute atomic E-state index is 12.2. The highest BCUT2D eigenvalue weighted by Crippen LogP contribution is 2.22. The van der Waals surface area contributed by atoms with Crippen LogP contribution in [0.15, 0.2) is 53.5 Å². The summed E-state index contributed by atoms with van der Waals surface area (Å²) in [7, 11) is 1.46. The van der Waals surface area contributed by atoms with E-state index in [0.717, 1.165) is 22.4 Å². The molecule has 0 spiro atoms. The van der Waals surface area contributed by atoms with E-state index in [9.17, 15) is 4.79 Å². The molecule has 0 aliphatic rings. The Morgan fingerprint density at radius 1 is 1.19 bits per heavy atom. The van der Waals surface area contributed by atoms with Gasteiger partial charge in [-0.1, -0.05) is 35.9 Å². The Bertz CT molecular complexity index is 999. The average Bonchev–Trinajstić information content (AvgIpc) is 2.60. The van der Waals surface area contributed by atoms with E-state index in [2.05, 4.69) is 10.3 Å². The molecule has 5 nitrogen and oxygen atoms in total. The van der Waals surface area contributed by atoms with Crippen LogP contribution in [0.5, 0.6) is 5.75 Å². The number of anilines is 2. The molecule has 0 aliphatic heterocycles. The van der Waals surface area contributed by atoms with Crippen molar-refractivity contribution in [3.8, 4) is 5.75 Å². The number of nitrogens with zero attached hydrogens (tertiary/aromatic N) is 2. The van der Waals surface area contributed by atoms with Crippen LogP contribution < -0.4 is 15.6 Å². The first kappa shape index (κ1) is 18.0. The van der Waals surface area contributed by atoms with Crippen molar-refractivity contribution >= 4 is 23.2 Å². The van der Waals surface area contributed by atoms with Crippen molar-refractivity contribution in [1.82, 2.24) is 9.55 Å². The van der Waals surface area contributed by atoms with E-state index in [1.54, 1.807) is 6.20 Å². The summed E-state index contributed by atoms with van der Waals surface area (Å²) in [5.74, 6) is 0.642. The smallest absolute Gasteiger partial charge is 0.316 e. The minimum atomic E-state index is -0.414. The number of benzene rings is 2. The van der Waals surface area contributed by atoms with Crippen molar-refractivity contribution in [1.29, 1.82) is 0 Å². The van der Waals surface area contributed by atoms with Gasteiger partial charge >= 0.3 is 5.56 Å². The third-order valence-electron chi connectivity index (χ3n) is 4.06. The highest BCUT2D eigenvalue weighted by molar-refractivity contribution is 6.30. The number of rotatable bonds is 5. The van der Waals surface area contributed by atoms with Crippen LogP contribution in [-0.2, 0) is 6.54 Å². The number of aryl methyl sites for hydroxylation is 2. The summed E-state index contributed by atoms with van der Waals surface area (Å²) in [6, 6.07) is 13.7. The van der Waals surface area contributed by atoms with Crippen LogP contribution in [0.1, 0.15) is 16.7 Å². The molecule has 134 valence electrons. The highest BCUT2D eigenvalue weighted by atomic mass is 35.5. The average molecular weight is 370 g/mol. The van der Waals surface area contributed by atoms with Crippen molar-refractivity contribution in [2.45, 2.75) is 20.4 Å². The molecule has 3 rings (SSSR count). The van der Waals surface area contributed by atoms with Gasteiger partial charge in [-0.3, -0.25) is 4.79 Å². The lowest BCUT2D eigenvalue weighted by Gasteiger charge is -2.16. The second-order valence-electron chi connectivity index (χ2n) is 6.14. The fourth-order valence-electron chi connectivity index (χ4n) is 2.66. The standard InChI is InChI=1S/C20H20ClN3O2/c1-13-7-8-14(2)17(9-13)22-20-23-19(25)18(26-3)12-24(20)11-15-5-4-6-16(21)10-15/h4-10,12H,11H2,1-3H3,(H,22,23,25). The highest BCUT2D eigenvalue weighted by Gasteiger charge is 2.11.